The van der Waals surface area contributed by atoms with Crippen molar-refractivity contribution >= 4 is 42.4 Å². The van der Waals surface area contributed by atoms with Crippen molar-refractivity contribution in [3.63, 3.8) is 0 Å². The van der Waals surface area contributed by atoms with Crippen molar-refractivity contribution in [3.05, 3.63) is 75.3 Å². The molecule has 0 bridgehead atoms. The topological polar surface area (TPSA) is 118 Å². The minimum atomic E-state index is -0.424. The molecule has 0 amide bonds. The van der Waals surface area contributed by atoms with Crippen LogP contribution in [0.2, 0.25) is 5.02 Å². The van der Waals surface area contributed by atoms with Crippen molar-refractivity contribution < 1.29 is 4.39 Å². The number of nitrogens with two attached hydrogens (primary N) is 1. The van der Waals surface area contributed by atoms with Crippen LogP contribution >= 0.6 is 25.1 Å². The van der Waals surface area contributed by atoms with Gasteiger partial charge in [-0.3, -0.25) is 9.36 Å². The highest BCUT2D eigenvalue weighted by molar-refractivity contribution is 7.59. The van der Waals surface area contributed by atoms with E-state index in [9.17, 15) is 14.4 Å². The number of nitrogens with zero attached hydrogens (tertiary/aromatic N) is 7. The highest BCUT2D eigenvalue weighted by atomic mass is 35.5. The Hall–Kier alpha value is -3.62. The standard InChI is InChI=1S/C21H16ClFN8O.H2S/c1-11-10-29(18-12(8-24)9-26-21(25)27-18)16(11)19-28-30-7-6-15(22)17(30)20(32)31(19)14-4-2-13(23)3-5-14;/h2-7,9,11,16H,10H2,1H3,(H2,25,26,27);1H2. The molecule has 1 saturated heterocycles. The van der Waals surface area contributed by atoms with E-state index in [-0.39, 0.29) is 41.5 Å². The lowest BCUT2D eigenvalue weighted by Gasteiger charge is -2.47. The van der Waals surface area contributed by atoms with E-state index in [4.69, 9.17) is 17.3 Å². The number of hydrogen-bond donors (Lipinski definition) is 1. The summed E-state index contributed by atoms with van der Waals surface area (Å²) in [5, 5.41) is 14.5. The minimum absolute atomic E-state index is 0. The molecular weight excluding hydrogens is 467 g/mol. The van der Waals surface area contributed by atoms with E-state index in [1.807, 2.05) is 11.8 Å². The van der Waals surface area contributed by atoms with Gasteiger partial charge in [0.25, 0.3) is 5.56 Å². The number of halogens is 2. The van der Waals surface area contributed by atoms with Gasteiger partial charge in [0.2, 0.25) is 5.95 Å². The molecule has 1 aromatic carbocycles. The Kier molecular flexibility index (Phi) is 5.73. The predicted molar refractivity (Wildman–Crippen MR) is 127 cm³/mol. The molecule has 2 unspecified atom stereocenters. The van der Waals surface area contributed by atoms with E-state index in [0.29, 0.717) is 23.9 Å². The third-order valence-corrected chi connectivity index (χ3v) is 5.86. The molecule has 3 aromatic heterocycles. The zero-order valence-electron chi connectivity index (χ0n) is 17.3. The SMILES string of the molecule is CC1CN(c2nc(N)ncc2C#N)C1c1nn2ccc(Cl)c2c(=O)n1-c1ccc(F)cc1.S. The van der Waals surface area contributed by atoms with Gasteiger partial charge in [0, 0.05) is 18.7 Å². The maximum absolute atomic E-state index is 13.6. The number of nitriles is 1. The van der Waals surface area contributed by atoms with Crippen LogP contribution in [0.15, 0.2) is 47.5 Å². The first kappa shape index (κ1) is 22.6. The number of hydrogen-bond acceptors (Lipinski definition) is 7. The monoisotopic (exact) mass is 484 g/mol. The Morgan fingerprint density at radius 1 is 1.27 bits per heavy atom. The first-order valence-corrected chi connectivity index (χ1v) is 10.1. The van der Waals surface area contributed by atoms with Gasteiger partial charge in [0.05, 0.1) is 22.9 Å². The largest absolute Gasteiger partial charge is 0.368 e. The summed E-state index contributed by atoms with van der Waals surface area (Å²) in [5.41, 5.74) is 6.30. The minimum Gasteiger partial charge on any atom is -0.368 e. The van der Waals surface area contributed by atoms with Crippen molar-refractivity contribution in [2.45, 2.75) is 13.0 Å². The Balaban J connectivity index is 0.00000259. The van der Waals surface area contributed by atoms with Crippen LogP contribution in [0.25, 0.3) is 11.2 Å². The van der Waals surface area contributed by atoms with Crippen LogP contribution in [0, 0.1) is 23.1 Å². The van der Waals surface area contributed by atoms with E-state index in [2.05, 4.69) is 21.1 Å². The zero-order valence-corrected chi connectivity index (χ0v) is 19.0. The van der Waals surface area contributed by atoms with Gasteiger partial charge in [-0.25, -0.2) is 13.9 Å². The Morgan fingerprint density at radius 2 is 2.00 bits per heavy atom. The lowest BCUT2D eigenvalue weighted by atomic mass is 9.89. The van der Waals surface area contributed by atoms with Crippen LogP contribution in [-0.2, 0) is 0 Å². The first-order valence-electron chi connectivity index (χ1n) is 9.74. The molecule has 4 heterocycles. The van der Waals surface area contributed by atoms with Crippen molar-refractivity contribution in [2.24, 2.45) is 5.92 Å². The third-order valence-electron chi connectivity index (χ3n) is 5.55. The molecule has 4 aromatic rings. The summed E-state index contributed by atoms with van der Waals surface area (Å²) in [4.78, 5) is 23.5. The van der Waals surface area contributed by atoms with Crippen LogP contribution in [0.3, 0.4) is 0 Å². The van der Waals surface area contributed by atoms with Gasteiger partial charge in [-0.1, -0.05) is 18.5 Å². The molecule has 0 radical (unpaired) electrons. The second-order valence-corrected chi connectivity index (χ2v) is 7.99. The van der Waals surface area contributed by atoms with Gasteiger partial charge in [0.1, 0.15) is 23.0 Å². The van der Waals surface area contributed by atoms with E-state index in [1.165, 1.54) is 39.5 Å². The molecule has 12 heteroatoms. The van der Waals surface area contributed by atoms with Crippen LogP contribution in [0.4, 0.5) is 16.2 Å². The molecule has 2 N–H and O–H groups in total. The molecule has 1 aliphatic heterocycles. The maximum Gasteiger partial charge on any atom is 0.284 e. The van der Waals surface area contributed by atoms with Crippen LogP contribution in [0.1, 0.15) is 24.4 Å². The molecule has 5 rings (SSSR count). The average Bonchev–Trinajstić information content (AvgIpc) is 3.14. The Bertz CT molecular complexity index is 1460. The fourth-order valence-corrected chi connectivity index (χ4v) is 4.29. The van der Waals surface area contributed by atoms with E-state index in [1.54, 1.807) is 12.3 Å². The summed E-state index contributed by atoms with van der Waals surface area (Å²) in [6.45, 7) is 2.57. The molecule has 0 saturated carbocycles. The van der Waals surface area contributed by atoms with Crippen LogP contribution in [0.5, 0.6) is 0 Å². The fraction of sp³-hybridized carbons (Fsp3) is 0.190. The third kappa shape index (κ3) is 3.57. The summed E-state index contributed by atoms with van der Waals surface area (Å²) in [7, 11) is 0. The number of nitrogen functional groups attached to an aromatic ring is 1. The van der Waals surface area contributed by atoms with E-state index in [0.717, 1.165) is 0 Å². The van der Waals surface area contributed by atoms with Crippen LogP contribution < -0.4 is 16.2 Å². The summed E-state index contributed by atoms with van der Waals surface area (Å²) in [5.74, 6) is 0.454. The predicted octanol–water partition coefficient (Wildman–Crippen LogP) is 2.83. The quantitative estimate of drug-likeness (QED) is 0.475. The number of aromatic nitrogens is 5. The molecule has 2 atom stereocenters. The van der Waals surface area contributed by atoms with Crippen LogP contribution in [-0.4, -0.2) is 30.7 Å². The number of rotatable bonds is 3. The maximum atomic E-state index is 13.6. The van der Waals surface area contributed by atoms with Gasteiger partial charge >= 0.3 is 0 Å². The number of fused-ring (bicyclic) bond motifs is 1. The lowest BCUT2D eigenvalue weighted by molar-refractivity contribution is 0.300. The molecule has 9 nitrogen and oxygen atoms in total. The average molecular weight is 485 g/mol. The molecule has 1 aliphatic rings. The smallest absolute Gasteiger partial charge is 0.284 e. The first-order chi connectivity index (χ1) is 15.4. The fourth-order valence-electron chi connectivity index (χ4n) is 4.07. The molecule has 168 valence electrons. The zero-order chi connectivity index (χ0) is 22.6. The summed E-state index contributed by atoms with van der Waals surface area (Å²) < 4.78 is 16.4. The van der Waals surface area contributed by atoms with Crippen molar-refractivity contribution in [2.75, 3.05) is 17.2 Å². The van der Waals surface area contributed by atoms with Gasteiger partial charge in [0.15, 0.2) is 11.6 Å². The van der Waals surface area contributed by atoms with Crippen molar-refractivity contribution in [3.8, 4) is 11.8 Å². The normalized spacial score (nSPS) is 17.3. The van der Waals surface area contributed by atoms with Crippen molar-refractivity contribution in [1.29, 1.82) is 5.26 Å². The van der Waals surface area contributed by atoms with Gasteiger partial charge in [-0.05, 0) is 30.3 Å². The van der Waals surface area contributed by atoms with Gasteiger partial charge in [-0.2, -0.15) is 28.8 Å². The molecule has 0 spiro atoms. The summed E-state index contributed by atoms with van der Waals surface area (Å²) in [6, 6.07) is 8.83. The highest BCUT2D eigenvalue weighted by Crippen LogP contribution is 2.42. The Labute approximate surface area is 199 Å². The van der Waals surface area contributed by atoms with Gasteiger partial charge in [-0.15, -0.1) is 0 Å². The lowest BCUT2D eigenvalue weighted by Crippen LogP contribution is -2.51. The van der Waals surface area contributed by atoms with Crippen molar-refractivity contribution in [1.82, 2.24) is 24.1 Å². The van der Waals surface area contributed by atoms with Gasteiger partial charge < -0.3 is 10.6 Å². The molecule has 1 fully saturated rings. The van der Waals surface area contributed by atoms with E-state index < -0.39 is 17.4 Å². The molecular formula is C21H18ClFN8OS. The second kappa shape index (κ2) is 8.38. The molecule has 33 heavy (non-hydrogen) atoms. The second-order valence-electron chi connectivity index (χ2n) is 7.58. The molecule has 0 aliphatic carbocycles. The highest BCUT2D eigenvalue weighted by Gasteiger charge is 2.42. The summed E-state index contributed by atoms with van der Waals surface area (Å²) in [6.07, 6.45) is 2.97. The number of anilines is 2. The van der Waals surface area contributed by atoms with E-state index >= 15 is 0 Å². The Morgan fingerprint density at radius 3 is 2.67 bits per heavy atom. The number of benzene rings is 1. The summed E-state index contributed by atoms with van der Waals surface area (Å²) >= 11 is 6.24.